The number of benzene rings is 1. The summed E-state index contributed by atoms with van der Waals surface area (Å²) < 4.78 is 5.45. The fourth-order valence-electron chi connectivity index (χ4n) is 1.69. The smallest absolute Gasteiger partial charge is 0.238 e. The van der Waals surface area contributed by atoms with Crippen LogP contribution >= 0.6 is 0 Å². The van der Waals surface area contributed by atoms with E-state index in [1.807, 2.05) is 50.1 Å². The van der Waals surface area contributed by atoms with Crippen LogP contribution in [-0.4, -0.2) is 43.7 Å². The molecule has 0 heterocycles. The zero-order valence-electron chi connectivity index (χ0n) is 12.6. The number of rotatable bonds is 8. The van der Waals surface area contributed by atoms with Gasteiger partial charge in [0, 0.05) is 18.8 Å². The summed E-state index contributed by atoms with van der Waals surface area (Å²) in [5.74, 6) is -0.0301. The van der Waals surface area contributed by atoms with Crippen LogP contribution in [0.25, 0.3) is 0 Å². The van der Waals surface area contributed by atoms with Gasteiger partial charge in [0.05, 0.1) is 19.3 Å². The van der Waals surface area contributed by atoms with Crippen LogP contribution in [0.3, 0.4) is 0 Å². The fraction of sp³-hybridized carbons (Fsp3) is 0.533. The highest BCUT2D eigenvalue weighted by Gasteiger charge is 2.07. The van der Waals surface area contributed by atoms with E-state index in [1.54, 1.807) is 0 Å². The second-order valence-corrected chi connectivity index (χ2v) is 5.11. The van der Waals surface area contributed by atoms with Gasteiger partial charge in [-0.15, -0.1) is 0 Å². The van der Waals surface area contributed by atoms with E-state index in [0.29, 0.717) is 19.7 Å². The third-order valence-electron chi connectivity index (χ3n) is 2.81. The predicted molar refractivity (Wildman–Crippen MR) is 81.5 cm³/mol. The summed E-state index contributed by atoms with van der Waals surface area (Å²) in [6, 6.07) is 7.55. The van der Waals surface area contributed by atoms with E-state index in [9.17, 15) is 4.79 Å². The Bertz CT molecular complexity index is 404. The second kappa shape index (κ2) is 8.68. The molecular weight excluding hydrogens is 254 g/mol. The molecule has 0 aliphatic heterocycles. The Morgan fingerprint density at radius 1 is 1.35 bits per heavy atom. The Morgan fingerprint density at radius 2 is 2.00 bits per heavy atom. The molecule has 0 saturated heterocycles. The standard InChI is InChI=1S/C15H25N3O2/c1-12(2)20-9-8-18(3)11-15(19)17-14-6-4-13(10-16)5-7-14/h4-7,12H,8-11,16H2,1-3H3,(H,17,19). The van der Waals surface area contributed by atoms with E-state index in [1.165, 1.54) is 0 Å². The molecule has 0 radical (unpaired) electrons. The lowest BCUT2D eigenvalue weighted by molar-refractivity contribution is -0.117. The number of amides is 1. The highest BCUT2D eigenvalue weighted by molar-refractivity contribution is 5.92. The average molecular weight is 279 g/mol. The van der Waals surface area contributed by atoms with Crippen LogP contribution < -0.4 is 11.1 Å². The van der Waals surface area contributed by atoms with E-state index in [0.717, 1.165) is 17.8 Å². The van der Waals surface area contributed by atoms with Crippen molar-refractivity contribution >= 4 is 11.6 Å². The summed E-state index contributed by atoms with van der Waals surface area (Å²) in [5.41, 5.74) is 7.37. The highest BCUT2D eigenvalue weighted by Crippen LogP contribution is 2.08. The summed E-state index contributed by atoms with van der Waals surface area (Å²) in [7, 11) is 1.90. The number of hydrogen-bond acceptors (Lipinski definition) is 4. The molecule has 0 spiro atoms. The van der Waals surface area contributed by atoms with Gasteiger partial charge in [0.1, 0.15) is 0 Å². The Morgan fingerprint density at radius 3 is 2.55 bits per heavy atom. The number of nitrogens with zero attached hydrogens (tertiary/aromatic N) is 1. The molecule has 0 atom stereocenters. The maximum Gasteiger partial charge on any atom is 0.238 e. The monoisotopic (exact) mass is 279 g/mol. The van der Waals surface area contributed by atoms with Crippen molar-refractivity contribution in [3.63, 3.8) is 0 Å². The third kappa shape index (κ3) is 6.65. The lowest BCUT2D eigenvalue weighted by Gasteiger charge is -2.17. The van der Waals surface area contributed by atoms with Crippen LogP contribution in [0.5, 0.6) is 0 Å². The van der Waals surface area contributed by atoms with Crippen molar-refractivity contribution in [2.24, 2.45) is 5.73 Å². The first-order valence-electron chi connectivity index (χ1n) is 6.90. The van der Waals surface area contributed by atoms with Crippen molar-refractivity contribution < 1.29 is 9.53 Å². The molecular formula is C15H25N3O2. The van der Waals surface area contributed by atoms with E-state index in [-0.39, 0.29) is 12.0 Å². The van der Waals surface area contributed by atoms with E-state index >= 15 is 0 Å². The average Bonchev–Trinajstić information content (AvgIpc) is 2.38. The lowest BCUT2D eigenvalue weighted by Crippen LogP contribution is -2.32. The van der Waals surface area contributed by atoms with Crippen molar-refractivity contribution in [3.8, 4) is 0 Å². The summed E-state index contributed by atoms with van der Waals surface area (Å²) in [5, 5.41) is 2.86. The number of carbonyl (C=O) groups excluding carboxylic acids is 1. The van der Waals surface area contributed by atoms with Gasteiger partial charge in [-0.3, -0.25) is 9.69 Å². The Labute approximate surface area is 121 Å². The molecule has 1 rings (SSSR count). The SMILES string of the molecule is CC(C)OCCN(C)CC(=O)Nc1ccc(CN)cc1. The van der Waals surface area contributed by atoms with Gasteiger partial charge >= 0.3 is 0 Å². The van der Waals surface area contributed by atoms with E-state index in [2.05, 4.69) is 5.32 Å². The minimum atomic E-state index is -0.0301. The van der Waals surface area contributed by atoms with E-state index < -0.39 is 0 Å². The number of nitrogens with two attached hydrogens (primary N) is 1. The van der Waals surface area contributed by atoms with Crippen LogP contribution in [0.2, 0.25) is 0 Å². The molecule has 20 heavy (non-hydrogen) atoms. The molecule has 0 unspecified atom stereocenters. The molecule has 0 aromatic heterocycles. The van der Waals surface area contributed by atoms with Gasteiger partial charge in [-0.1, -0.05) is 12.1 Å². The molecule has 0 fully saturated rings. The Kier molecular flexibility index (Phi) is 7.22. The molecule has 5 nitrogen and oxygen atoms in total. The number of hydrogen-bond donors (Lipinski definition) is 2. The maximum absolute atomic E-state index is 11.9. The minimum Gasteiger partial charge on any atom is -0.377 e. The van der Waals surface area contributed by atoms with Gasteiger partial charge in [0.15, 0.2) is 0 Å². The first-order chi connectivity index (χ1) is 9.51. The molecule has 0 aliphatic rings. The van der Waals surface area contributed by atoms with Gasteiger partial charge < -0.3 is 15.8 Å². The topological polar surface area (TPSA) is 67.6 Å². The summed E-state index contributed by atoms with van der Waals surface area (Å²) in [4.78, 5) is 13.8. The fourth-order valence-corrected chi connectivity index (χ4v) is 1.69. The van der Waals surface area contributed by atoms with Crippen LogP contribution in [0.1, 0.15) is 19.4 Å². The molecule has 3 N–H and O–H groups in total. The predicted octanol–water partition coefficient (Wildman–Crippen LogP) is 1.44. The lowest BCUT2D eigenvalue weighted by atomic mass is 10.2. The van der Waals surface area contributed by atoms with Crippen molar-refractivity contribution in [2.75, 3.05) is 32.1 Å². The molecule has 1 aromatic rings. The summed E-state index contributed by atoms with van der Waals surface area (Å²) in [6.07, 6.45) is 0.221. The molecule has 1 amide bonds. The zero-order chi connectivity index (χ0) is 15.0. The molecule has 112 valence electrons. The minimum absolute atomic E-state index is 0.0301. The normalized spacial score (nSPS) is 11.1. The summed E-state index contributed by atoms with van der Waals surface area (Å²) >= 11 is 0. The van der Waals surface area contributed by atoms with E-state index in [4.69, 9.17) is 10.5 Å². The van der Waals surface area contributed by atoms with Crippen LogP contribution in [0.4, 0.5) is 5.69 Å². The molecule has 1 aromatic carbocycles. The van der Waals surface area contributed by atoms with Gasteiger partial charge in [-0.05, 0) is 38.6 Å². The van der Waals surface area contributed by atoms with Gasteiger partial charge in [-0.2, -0.15) is 0 Å². The molecule has 5 heteroatoms. The number of nitrogens with one attached hydrogen (secondary N) is 1. The maximum atomic E-state index is 11.9. The second-order valence-electron chi connectivity index (χ2n) is 5.11. The first-order valence-corrected chi connectivity index (χ1v) is 6.90. The highest BCUT2D eigenvalue weighted by atomic mass is 16.5. The van der Waals surface area contributed by atoms with Crippen molar-refractivity contribution in [2.45, 2.75) is 26.5 Å². The molecule has 0 bridgehead atoms. The van der Waals surface area contributed by atoms with Gasteiger partial charge in [0.25, 0.3) is 0 Å². The van der Waals surface area contributed by atoms with Crippen molar-refractivity contribution in [1.82, 2.24) is 4.90 Å². The largest absolute Gasteiger partial charge is 0.377 e. The zero-order valence-corrected chi connectivity index (χ0v) is 12.6. The molecule has 0 saturated carbocycles. The number of anilines is 1. The van der Waals surface area contributed by atoms with Gasteiger partial charge in [0.2, 0.25) is 5.91 Å². The Balaban J connectivity index is 2.31. The number of ether oxygens (including phenoxy) is 1. The first kappa shape index (κ1) is 16.6. The number of likely N-dealkylation sites (N-methyl/N-ethyl adjacent to an activating group) is 1. The summed E-state index contributed by atoms with van der Waals surface area (Å²) in [6.45, 7) is 6.21. The Hall–Kier alpha value is -1.43. The third-order valence-corrected chi connectivity index (χ3v) is 2.81. The van der Waals surface area contributed by atoms with Crippen LogP contribution in [-0.2, 0) is 16.1 Å². The molecule has 0 aliphatic carbocycles. The number of carbonyl (C=O) groups is 1. The quantitative estimate of drug-likeness (QED) is 0.755. The van der Waals surface area contributed by atoms with Gasteiger partial charge in [-0.25, -0.2) is 0 Å². The van der Waals surface area contributed by atoms with Crippen molar-refractivity contribution in [3.05, 3.63) is 29.8 Å². The van der Waals surface area contributed by atoms with Crippen molar-refractivity contribution in [1.29, 1.82) is 0 Å². The van der Waals surface area contributed by atoms with Crippen LogP contribution in [0.15, 0.2) is 24.3 Å². The van der Waals surface area contributed by atoms with Crippen LogP contribution in [0, 0.1) is 0 Å².